The molecule has 1 aromatic carbocycles. The first-order chi connectivity index (χ1) is 9.16. The first kappa shape index (κ1) is 16.7. The van der Waals surface area contributed by atoms with Gasteiger partial charge in [-0.15, -0.1) is 0 Å². The van der Waals surface area contributed by atoms with Gasteiger partial charge in [-0.2, -0.15) is 13.2 Å². The van der Waals surface area contributed by atoms with E-state index in [0.717, 1.165) is 24.3 Å². The highest BCUT2D eigenvalue weighted by Crippen LogP contribution is 2.29. The Morgan fingerprint density at radius 3 is 2.15 bits per heavy atom. The zero-order valence-corrected chi connectivity index (χ0v) is 11.7. The van der Waals surface area contributed by atoms with Crippen molar-refractivity contribution in [2.75, 3.05) is 5.75 Å². The average molecular weight is 308 g/mol. The molecule has 7 heteroatoms. The van der Waals surface area contributed by atoms with E-state index in [1.165, 1.54) is 0 Å². The number of rotatable bonds is 6. The lowest BCUT2D eigenvalue weighted by Crippen LogP contribution is -2.10. The van der Waals surface area contributed by atoms with Gasteiger partial charge in [-0.05, 0) is 30.7 Å². The van der Waals surface area contributed by atoms with Crippen molar-refractivity contribution < 1.29 is 26.4 Å². The van der Waals surface area contributed by atoms with E-state index in [-0.39, 0.29) is 29.3 Å². The molecule has 3 nitrogen and oxygen atoms in total. The van der Waals surface area contributed by atoms with Gasteiger partial charge in [0.05, 0.1) is 16.2 Å². The Hall–Kier alpha value is -1.37. The van der Waals surface area contributed by atoms with Crippen molar-refractivity contribution in [3.8, 4) is 0 Å². The number of hydrogen-bond donors (Lipinski definition) is 0. The number of carbonyl (C=O) groups excluding carboxylic acids is 1. The molecule has 0 aliphatic heterocycles. The Labute approximate surface area is 115 Å². The molecule has 0 amide bonds. The van der Waals surface area contributed by atoms with Crippen molar-refractivity contribution in [1.82, 2.24) is 0 Å². The van der Waals surface area contributed by atoms with E-state index >= 15 is 0 Å². The van der Waals surface area contributed by atoms with Crippen molar-refractivity contribution in [2.24, 2.45) is 0 Å². The zero-order chi connectivity index (χ0) is 15.4. The van der Waals surface area contributed by atoms with Gasteiger partial charge >= 0.3 is 6.18 Å². The van der Waals surface area contributed by atoms with Crippen LogP contribution in [0.3, 0.4) is 0 Å². The van der Waals surface area contributed by atoms with E-state index in [1.54, 1.807) is 6.92 Å². The van der Waals surface area contributed by atoms with Crippen molar-refractivity contribution in [1.29, 1.82) is 0 Å². The lowest BCUT2D eigenvalue weighted by Gasteiger charge is -2.08. The SMILES string of the molecule is CCC(=O)CCCS(=O)(=O)c1ccc(C(F)(F)F)cc1. The number of hydrogen-bond acceptors (Lipinski definition) is 3. The van der Waals surface area contributed by atoms with Gasteiger partial charge in [0, 0.05) is 12.8 Å². The Bertz CT molecular complexity index is 560. The molecule has 112 valence electrons. The van der Waals surface area contributed by atoms with Crippen LogP contribution in [0.1, 0.15) is 31.7 Å². The summed E-state index contributed by atoms with van der Waals surface area (Å²) in [5, 5.41) is 0. The van der Waals surface area contributed by atoms with Crippen LogP contribution in [0.25, 0.3) is 0 Å². The molecule has 0 saturated heterocycles. The predicted molar refractivity (Wildman–Crippen MR) is 68.0 cm³/mol. The molecular formula is C13H15F3O3S. The highest BCUT2D eigenvalue weighted by molar-refractivity contribution is 7.91. The lowest BCUT2D eigenvalue weighted by molar-refractivity contribution is -0.137. The van der Waals surface area contributed by atoms with Crippen molar-refractivity contribution in [3.63, 3.8) is 0 Å². The van der Waals surface area contributed by atoms with Crippen molar-refractivity contribution >= 4 is 15.6 Å². The second-order valence-corrected chi connectivity index (χ2v) is 6.45. The molecule has 0 fully saturated rings. The summed E-state index contributed by atoms with van der Waals surface area (Å²) in [5.41, 5.74) is -0.891. The first-order valence-electron chi connectivity index (χ1n) is 6.08. The number of sulfone groups is 1. The second-order valence-electron chi connectivity index (χ2n) is 4.34. The Morgan fingerprint density at radius 2 is 1.70 bits per heavy atom. The van der Waals surface area contributed by atoms with Gasteiger partial charge in [-0.25, -0.2) is 8.42 Å². The van der Waals surface area contributed by atoms with Crippen molar-refractivity contribution in [3.05, 3.63) is 29.8 Å². The maximum Gasteiger partial charge on any atom is 0.416 e. The van der Waals surface area contributed by atoms with Crippen LogP contribution >= 0.6 is 0 Å². The molecule has 0 heterocycles. The smallest absolute Gasteiger partial charge is 0.300 e. The summed E-state index contributed by atoms with van der Waals surface area (Å²) in [5.74, 6) is -0.281. The summed E-state index contributed by atoms with van der Waals surface area (Å²) in [6.07, 6.45) is -3.80. The van der Waals surface area contributed by atoms with Crippen LogP contribution in [0.5, 0.6) is 0 Å². The van der Waals surface area contributed by atoms with Gasteiger partial charge in [0.1, 0.15) is 5.78 Å². The summed E-state index contributed by atoms with van der Waals surface area (Å²) in [4.78, 5) is 10.9. The lowest BCUT2D eigenvalue weighted by atomic mass is 10.2. The molecule has 0 aliphatic rings. The van der Waals surface area contributed by atoms with Crippen LogP contribution in [-0.2, 0) is 20.8 Å². The molecule has 0 saturated carbocycles. The molecule has 0 N–H and O–H groups in total. The fourth-order valence-corrected chi connectivity index (χ4v) is 2.92. The molecule has 0 spiro atoms. The fourth-order valence-electron chi connectivity index (χ4n) is 1.61. The normalized spacial score (nSPS) is 12.4. The van der Waals surface area contributed by atoms with Gasteiger partial charge in [-0.3, -0.25) is 4.79 Å². The van der Waals surface area contributed by atoms with E-state index in [4.69, 9.17) is 0 Å². The Morgan fingerprint density at radius 1 is 1.15 bits per heavy atom. The molecule has 0 radical (unpaired) electrons. The summed E-state index contributed by atoms with van der Waals surface area (Å²) in [7, 11) is -3.65. The second kappa shape index (κ2) is 6.39. The topological polar surface area (TPSA) is 51.2 Å². The summed E-state index contributed by atoms with van der Waals surface area (Å²) in [6.45, 7) is 1.69. The van der Waals surface area contributed by atoms with Crippen LogP contribution < -0.4 is 0 Å². The van der Waals surface area contributed by atoms with Gasteiger partial charge in [0.2, 0.25) is 0 Å². The van der Waals surface area contributed by atoms with E-state index in [0.29, 0.717) is 6.42 Å². The Kier molecular flexibility index (Phi) is 5.33. The number of benzene rings is 1. The molecule has 0 aliphatic carbocycles. The standard InChI is InChI=1S/C13H15F3O3S/c1-2-11(17)4-3-9-20(18,19)12-7-5-10(6-8-12)13(14,15)16/h5-8H,2-4,9H2,1H3. The maximum absolute atomic E-state index is 12.4. The van der Waals surface area contributed by atoms with Gasteiger partial charge in [0.15, 0.2) is 9.84 Å². The molecule has 1 rings (SSSR count). The van der Waals surface area contributed by atoms with Crippen LogP contribution in [-0.4, -0.2) is 20.0 Å². The van der Waals surface area contributed by atoms with Gasteiger partial charge in [-0.1, -0.05) is 6.92 Å². The van der Waals surface area contributed by atoms with E-state index in [2.05, 4.69) is 0 Å². The number of carbonyl (C=O) groups is 1. The summed E-state index contributed by atoms with van der Waals surface area (Å²) in [6, 6.07) is 3.37. The third-order valence-electron chi connectivity index (χ3n) is 2.80. The Balaban J connectivity index is 2.76. The van der Waals surface area contributed by atoms with E-state index < -0.39 is 21.6 Å². The van der Waals surface area contributed by atoms with E-state index in [9.17, 15) is 26.4 Å². The number of ketones is 1. The minimum Gasteiger partial charge on any atom is -0.300 e. The highest BCUT2D eigenvalue weighted by atomic mass is 32.2. The summed E-state index contributed by atoms with van der Waals surface area (Å²) >= 11 is 0. The molecule has 0 aromatic heterocycles. The molecule has 0 unspecified atom stereocenters. The third kappa shape index (κ3) is 4.63. The minimum absolute atomic E-state index is 0.0346. The molecule has 0 bridgehead atoms. The summed E-state index contributed by atoms with van der Waals surface area (Å²) < 4.78 is 60.8. The van der Waals surface area contributed by atoms with E-state index in [1.807, 2.05) is 0 Å². The van der Waals surface area contributed by atoms with Gasteiger partial charge < -0.3 is 0 Å². The van der Waals surface area contributed by atoms with Gasteiger partial charge in [0.25, 0.3) is 0 Å². The molecule has 20 heavy (non-hydrogen) atoms. The molecule has 1 aromatic rings. The highest BCUT2D eigenvalue weighted by Gasteiger charge is 2.30. The van der Waals surface area contributed by atoms with Crippen LogP contribution in [0, 0.1) is 0 Å². The number of Topliss-reactive ketones (excluding diaryl/α,β-unsaturated/α-hetero) is 1. The number of alkyl halides is 3. The fraction of sp³-hybridized carbons (Fsp3) is 0.462. The number of halogens is 3. The monoisotopic (exact) mass is 308 g/mol. The zero-order valence-electron chi connectivity index (χ0n) is 10.9. The maximum atomic E-state index is 12.4. The largest absolute Gasteiger partial charge is 0.416 e. The van der Waals surface area contributed by atoms with Crippen LogP contribution in [0.2, 0.25) is 0 Å². The van der Waals surface area contributed by atoms with Crippen LogP contribution in [0.4, 0.5) is 13.2 Å². The quantitative estimate of drug-likeness (QED) is 0.810. The third-order valence-corrected chi connectivity index (χ3v) is 4.62. The van der Waals surface area contributed by atoms with Crippen LogP contribution in [0.15, 0.2) is 29.2 Å². The molecule has 0 atom stereocenters. The minimum atomic E-state index is -4.49. The van der Waals surface area contributed by atoms with Crippen molar-refractivity contribution in [2.45, 2.75) is 37.3 Å². The average Bonchev–Trinajstić information content (AvgIpc) is 2.37. The predicted octanol–water partition coefficient (Wildman–Crippen LogP) is 3.24. The first-order valence-corrected chi connectivity index (χ1v) is 7.74. The molecular weight excluding hydrogens is 293 g/mol.